The topological polar surface area (TPSA) is 152 Å². The molecule has 1 rings (SSSR count). The van der Waals surface area contributed by atoms with Crippen LogP contribution in [0.1, 0.15) is 58.8 Å². The highest BCUT2D eigenvalue weighted by molar-refractivity contribution is 7.80. The molecule has 0 radical (unpaired) electrons. The van der Waals surface area contributed by atoms with Crippen LogP contribution in [0.25, 0.3) is 0 Å². The maximum Gasteiger partial charge on any atom is 0.397 e. The van der Waals surface area contributed by atoms with Gasteiger partial charge in [0.05, 0.1) is 6.61 Å². The summed E-state index contributed by atoms with van der Waals surface area (Å²) >= 11 is 0. The first kappa shape index (κ1) is 27.0. The summed E-state index contributed by atoms with van der Waals surface area (Å²) in [6.45, 7) is 2.84. The zero-order valence-electron chi connectivity index (χ0n) is 17.6. The molecule has 11 heteroatoms. The van der Waals surface area contributed by atoms with Gasteiger partial charge in [-0.3, -0.25) is 9.35 Å². The highest BCUT2D eigenvalue weighted by Crippen LogP contribution is 2.26. The van der Waals surface area contributed by atoms with Crippen LogP contribution >= 0.6 is 0 Å². The maximum atomic E-state index is 11.5. The van der Waals surface area contributed by atoms with Crippen LogP contribution in [0.2, 0.25) is 0 Å². The lowest BCUT2D eigenvalue weighted by Crippen LogP contribution is -2.65. The van der Waals surface area contributed by atoms with E-state index in [-0.39, 0.29) is 6.61 Å². The van der Waals surface area contributed by atoms with Gasteiger partial charge in [-0.1, -0.05) is 37.8 Å². The normalized spacial score (nSPS) is 27.4. The van der Waals surface area contributed by atoms with E-state index in [1.54, 1.807) is 0 Å². The van der Waals surface area contributed by atoms with Crippen LogP contribution in [0.15, 0.2) is 12.2 Å². The Morgan fingerprint density at radius 1 is 1.17 bits per heavy atom. The van der Waals surface area contributed by atoms with Gasteiger partial charge in [-0.2, -0.15) is 8.42 Å². The summed E-state index contributed by atoms with van der Waals surface area (Å²) in [5, 5.41) is 22.1. The Balaban J connectivity index is 2.58. The number of allylic oxidation sites excluding steroid dienone is 2. The SMILES string of the molecule is C/C=C\CCCCCCCCO[C@H]1O[C@H](CO)[C@@H](O)[C@H](OS(=O)(=O)O)[C@H]1NC(C)=O. The van der Waals surface area contributed by atoms with Crippen molar-refractivity contribution < 1.29 is 41.6 Å². The number of ether oxygens (including phenoxy) is 2. The van der Waals surface area contributed by atoms with Crippen molar-refractivity contribution in [3.05, 3.63) is 12.2 Å². The lowest BCUT2D eigenvalue weighted by atomic mass is 9.97. The maximum absolute atomic E-state index is 11.5. The Bertz CT molecular complexity index is 625. The third kappa shape index (κ3) is 10.3. The third-order valence-electron chi connectivity index (χ3n) is 4.74. The number of unbranched alkanes of at least 4 members (excludes halogenated alkanes) is 6. The van der Waals surface area contributed by atoms with Gasteiger partial charge in [0.15, 0.2) is 6.29 Å². The molecule has 0 aromatic heterocycles. The first-order valence-corrected chi connectivity index (χ1v) is 11.7. The Hall–Kier alpha value is -1.08. The molecule has 0 bridgehead atoms. The standard InChI is InChI=1S/C19H35NO9S/c1-3-4-5-6-7-8-9-10-11-12-27-19-16(20-14(2)22)18(29-30(24,25)26)17(23)15(13-21)28-19/h3-4,15-19,21,23H,5-13H2,1-2H3,(H,20,22)(H,24,25,26)/b4-3-/t15-,16-,17-,18-,19+/m1/s1. The number of hydrogen-bond donors (Lipinski definition) is 4. The zero-order valence-corrected chi connectivity index (χ0v) is 18.4. The molecular formula is C19H35NO9S. The van der Waals surface area contributed by atoms with Gasteiger partial charge in [-0.15, -0.1) is 0 Å². The number of aliphatic hydroxyl groups excluding tert-OH is 2. The minimum absolute atomic E-state index is 0.270. The van der Waals surface area contributed by atoms with Crippen LogP contribution in [0.3, 0.4) is 0 Å². The summed E-state index contributed by atoms with van der Waals surface area (Å²) in [6, 6.07) is -1.20. The average Bonchev–Trinajstić information content (AvgIpc) is 2.66. The molecule has 0 saturated carbocycles. The predicted octanol–water partition coefficient (Wildman–Crippen LogP) is 1.08. The molecule has 5 atom stereocenters. The number of nitrogens with one attached hydrogen (secondary N) is 1. The number of carbonyl (C=O) groups is 1. The van der Waals surface area contributed by atoms with Crippen molar-refractivity contribution in [2.75, 3.05) is 13.2 Å². The first-order valence-electron chi connectivity index (χ1n) is 10.3. The second-order valence-electron chi connectivity index (χ2n) is 7.28. The zero-order chi connectivity index (χ0) is 22.6. The fraction of sp³-hybridized carbons (Fsp3) is 0.842. The van der Waals surface area contributed by atoms with Gasteiger partial charge in [0, 0.05) is 13.5 Å². The second-order valence-corrected chi connectivity index (χ2v) is 8.33. The van der Waals surface area contributed by atoms with Gasteiger partial charge in [0.1, 0.15) is 24.4 Å². The Kier molecular flexibility index (Phi) is 12.6. The van der Waals surface area contributed by atoms with Crippen molar-refractivity contribution in [3.8, 4) is 0 Å². The molecule has 1 fully saturated rings. The van der Waals surface area contributed by atoms with E-state index in [1.165, 1.54) is 6.92 Å². The molecular weight excluding hydrogens is 418 g/mol. The van der Waals surface area contributed by atoms with Crippen molar-refractivity contribution in [2.45, 2.75) is 89.4 Å². The smallest absolute Gasteiger partial charge is 0.394 e. The molecule has 1 aliphatic rings. The van der Waals surface area contributed by atoms with Crippen LogP contribution in [0, 0.1) is 0 Å². The fourth-order valence-electron chi connectivity index (χ4n) is 3.29. The summed E-state index contributed by atoms with van der Waals surface area (Å²) in [5.74, 6) is -0.534. The van der Waals surface area contributed by atoms with E-state index in [0.717, 1.165) is 44.9 Å². The van der Waals surface area contributed by atoms with Crippen LogP contribution in [0.4, 0.5) is 0 Å². The van der Waals surface area contributed by atoms with E-state index in [4.69, 9.17) is 14.0 Å². The molecule has 1 heterocycles. The van der Waals surface area contributed by atoms with E-state index in [1.807, 2.05) is 13.0 Å². The van der Waals surface area contributed by atoms with Crippen LogP contribution in [0.5, 0.6) is 0 Å². The van der Waals surface area contributed by atoms with Crippen molar-refractivity contribution in [2.24, 2.45) is 0 Å². The third-order valence-corrected chi connectivity index (χ3v) is 5.20. The van der Waals surface area contributed by atoms with E-state index in [2.05, 4.69) is 15.6 Å². The molecule has 30 heavy (non-hydrogen) atoms. The minimum atomic E-state index is -4.93. The first-order chi connectivity index (χ1) is 14.2. The number of hydrogen-bond acceptors (Lipinski definition) is 8. The van der Waals surface area contributed by atoms with E-state index in [9.17, 15) is 23.4 Å². The van der Waals surface area contributed by atoms with E-state index >= 15 is 0 Å². The quantitative estimate of drug-likeness (QED) is 0.172. The molecule has 1 saturated heterocycles. The summed E-state index contributed by atoms with van der Waals surface area (Å²) in [4.78, 5) is 11.5. The molecule has 1 amide bonds. The summed E-state index contributed by atoms with van der Waals surface area (Å²) in [6.07, 6.45) is 5.86. The second kappa shape index (κ2) is 14.1. The van der Waals surface area contributed by atoms with Crippen LogP contribution in [-0.2, 0) is 28.9 Å². The summed E-state index contributed by atoms with van der Waals surface area (Å²) in [7, 11) is -4.93. The van der Waals surface area contributed by atoms with Gasteiger partial charge in [0.2, 0.25) is 5.91 Å². The Labute approximate surface area is 178 Å². The monoisotopic (exact) mass is 453 g/mol. The van der Waals surface area contributed by atoms with Gasteiger partial charge in [-0.05, 0) is 26.2 Å². The molecule has 10 nitrogen and oxygen atoms in total. The van der Waals surface area contributed by atoms with Gasteiger partial charge in [-0.25, -0.2) is 4.18 Å². The number of aliphatic hydroxyl groups is 2. The lowest BCUT2D eigenvalue weighted by molar-refractivity contribution is -0.266. The molecule has 4 N–H and O–H groups in total. The Morgan fingerprint density at radius 3 is 2.37 bits per heavy atom. The summed E-state index contributed by atoms with van der Waals surface area (Å²) in [5.41, 5.74) is 0. The molecule has 0 aromatic rings. The van der Waals surface area contributed by atoms with E-state index < -0.39 is 53.6 Å². The van der Waals surface area contributed by atoms with Gasteiger partial charge >= 0.3 is 10.4 Å². The van der Waals surface area contributed by atoms with Crippen molar-refractivity contribution in [3.63, 3.8) is 0 Å². The average molecular weight is 454 g/mol. The number of carbonyl (C=O) groups excluding carboxylic acids is 1. The minimum Gasteiger partial charge on any atom is -0.394 e. The molecule has 0 aliphatic carbocycles. The molecule has 0 unspecified atom stereocenters. The van der Waals surface area contributed by atoms with Crippen molar-refractivity contribution in [1.29, 1.82) is 0 Å². The fourth-order valence-corrected chi connectivity index (χ4v) is 3.80. The molecule has 0 aromatic carbocycles. The summed E-state index contributed by atoms with van der Waals surface area (Å²) < 4.78 is 47.1. The molecule has 0 spiro atoms. The van der Waals surface area contributed by atoms with Crippen LogP contribution < -0.4 is 5.32 Å². The molecule has 176 valence electrons. The van der Waals surface area contributed by atoms with Crippen LogP contribution in [-0.4, -0.2) is 72.9 Å². The highest BCUT2D eigenvalue weighted by atomic mass is 32.3. The molecule has 1 aliphatic heterocycles. The number of rotatable bonds is 14. The predicted molar refractivity (Wildman–Crippen MR) is 109 cm³/mol. The van der Waals surface area contributed by atoms with Gasteiger partial charge in [0.25, 0.3) is 0 Å². The Morgan fingerprint density at radius 2 is 1.80 bits per heavy atom. The van der Waals surface area contributed by atoms with Gasteiger partial charge < -0.3 is 25.0 Å². The number of amides is 1. The largest absolute Gasteiger partial charge is 0.397 e. The van der Waals surface area contributed by atoms with E-state index in [0.29, 0.717) is 0 Å². The van der Waals surface area contributed by atoms with Crippen molar-refractivity contribution in [1.82, 2.24) is 5.32 Å². The van der Waals surface area contributed by atoms with Crippen molar-refractivity contribution >= 4 is 16.3 Å². The lowest BCUT2D eigenvalue weighted by Gasteiger charge is -2.43. The highest BCUT2D eigenvalue weighted by Gasteiger charge is 2.48.